The van der Waals surface area contributed by atoms with Gasteiger partial charge in [-0.2, -0.15) is 0 Å². The van der Waals surface area contributed by atoms with Crippen molar-refractivity contribution in [2.75, 3.05) is 31.1 Å². The quantitative estimate of drug-likeness (QED) is 0.673. The summed E-state index contributed by atoms with van der Waals surface area (Å²) in [6.07, 6.45) is 3.12. The molecule has 1 aromatic heterocycles. The Balaban J connectivity index is 1.39. The maximum absolute atomic E-state index is 13.1. The second kappa shape index (κ2) is 7.94. The molecule has 0 saturated carbocycles. The van der Waals surface area contributed by atoms with Gasteiger partial charge in [0.1, 0.15) is 5.82 Å². The number of hydrogen-bond donors (Lipinski definition) is 0. The van der Waals surface area contributed by atoms with Crippen LogP contribution in [0.5, 0.6) is 0 Å². The molecule has 3 aromatic rings. The minimum absolute atomic E-state index is 0.0820. The molecule has 2 aromatic carbocycles. The van der Waals surface area contributed by atoms with Crippen molar-refractivity contribution in [3.8, 4) is 11.4 Å². The highest BCUT2D eigenvalue weighted by Gasteiger charge is 2.23. The zero-order valence-electron chi connectivity index (χ0n) is 15.1. The van der Waals surface area contributed by atoms with Crippen LogP contribution in [0.1, 0.15) is 10.4 Å². The Morgan fingerprint density at radius 1 is 0.893 bits per heavy atom. The van der Waals surface area contributed by atoms with Crippen LogP contribution in [0.15, 0.2) is 60.9 Å². The molecular formula is C21H18ClFN4O. The van der Waals surface area contributed by atoms with Gasteiger partial charge in [0, 0.05) is 54.8 Å². The van der Waals surface area contributed by atoms with Crippen molar-refractivity contribution < 1.29 is 9.18 Å². The SMILES string of the molecule is O=C(c1cnc(-c2ccc(Cl)cc2)nc1)N1CCN(c2ccc(F)cc2)CC1. The van der Waals surface area contributed by atoms with Crippen LogP contribution in [0, 0.1) is 5.82 Å². The molecule has 0 unspecified atom stereocenters. The number of benzene rings is 2. The first kappa shape index (κ1) is 18.4. The first-order valence-corrected chi connectivity index (χ1v) is 9.36. The fraction of sp³-hybridized carbons (Fsp3) is 0.190. The van der Waals surface area contributed by atoms with Crippen LogP contribution in [0.3, 0.4) is 0 Å². The molecule has 2 heterocycles. The first-order chi connectivity index (χ1) is 13.6. The van der Waals surface area contributed by atoms with Crippen LogP contribution in [-0.4, -0.2) is 47.0 Å². The van der Waals surface area contributed by atoms with Gasteiger partial charge < -0.3 is 9.80 Å². The van der Waals surface area contributed by atoms with E-state index in [4.69, 9.17) is 11.6 Å². The highest BCUT2D eigenvalue weighted by atomic mass is 35.5. The lowest BCUT2D eigenvalue weighted by Crippen LogP contribution is -2.48. The van der Waals surface area contributed by atoms with Crippen LogP contribution >= 0.6 is 11.6 Å². The number of carbonyl (C=O) groups is 1. The second-order valence-corrected chi connectivity index (χ2v) is 6.99. The second-order valence-electron chi connectivity index (χ2n) is 6.56. The average Bonchev–Trinajstić information content (AvgIpc) is 2.75. The summed E-state index contributed by atoms with van der Waals surface area (Å²) in [5.41, 5.74) is 2.27. The number of hydrogen-bond acceptors (Lipinski definition) is 4. The Bertz CT molecular complexity index is 953. The maximum atomic E-state index is 13.1. The molecule has 1 amide bonds. The summed E-state index contributed by atoms with van der Waals surface area (Å²) in [6.45, 7) is 2.58. The Hall–Kier alpha value is -2.99. The summed E-state index contributed by atoms with van der Waals surface area (Å²) >= 11 is 5.90. The lowest BCUT2D eigenvalue weighted by molar-refractivity contribution is 0.0746. The van der Waals surface area contributed by atoms with Crippen molar-refractivity contribution in [1.29, 1.82) is 0 Å². The van der Waals surface area contributed by atoms with Crippen molar-refractivity contribution in [2.45, 2.75) is 0 Å². The molecule has 1 fully saturated rings. The molecule has 7 heteroatoms. The van der Waals surface area contributed by atoms with E-state index < -0.39 is 0 Å². The zero-order chi connectivity index (χ0) is 19.5. The number of anilines is 1. The summed E-state index contributed by atoms with van der Waals surface area (Å²) in [7, 11) is 0. The molecule has 0 spiro atoms. The normalized spacial score (nSPS) is 14.2. The third-order valence-corrected chi connectivity index (χ3v) is 5.01. The molecule has 1 aliphatic rings. The smallest absolute Gasteiger partial charge is 0.257 e. The van der Waals surface area contributed by atoms with E-state index in [1.54, 1.807) is 41.6 Å². The summed E-state index contributed by atoms with van der Waals surface area (Å²) < 4.78 is 13.1. The van der Waals surface area contributed by atoms with E-state index in [9.17, 15) is 9.18 Å². The average molecular weight is 397 g/mol. The van der Waals surface area contributed by atoms with Crippen LogP contribution in [0.2, 0.25) is 5.02 Å². The Morgan fingerprint density at radius 2 is 1.50 bits per heavy atom. The molecule has 0 atom stereocenters. The highest BCUT2D eigenvalue weighted by Crippen LogP contribution is 2.20. The molecule has 0 aliphatic carbocycles. The molecule has 1 saturated heterocycles. The molecule has 1 aliphatic heterocycles. The molecule has 5 nitrogen and oxygen atoms in total. The van der Waals surface area contributed by atoms with Crippen LogP contribution < -0.4 is 4.90 Å². The number of carbonyl (C=O) groups excluding carboxylic acids is 1. The number of halogens is 2. The number of nitrogens with zero attached hydrogens (tertiary/aromatic N) is 4. The van der Waals surface area contributed by atoms with E-state index in [1.165, 1.54) is 12.1 Å². The fourth-order valence-electron chi connectivity index (χ4n) is 3.19. The van der Waals surface area contributed by atoms with Gasteiger partial charge in [-0.3, -0.25) is 4.79 Å². The van der Waals surface area contributed by atoms with E-state index in [0.29, 0.717) is 42.6 Å². The number of aromatic nitrogens is 2. The summed E-state index contributed by atoms with van der Waals surface area (Å²) in [6, 6.07) is 13.7. The molecule has 0 N–H and O–H groups in total. The highest BCUT2D eigenvalue weighted by molar-refractivity contribution is 6.30. The van der Waals surface area contributed by atoms with Crippen LogP contribution in [-0.2, 0) is 0 Å². The van der Waals surface area contributed by atoms with Gasteiger partial charge in [-0.05, 0) is 48.5 Å². The first-order valence-electron chi connectivity index (χ1n) is 8.98. The van der Waals surface area contributed by atoms with Crippen LogP contribution in [0.25, 0.3) is 11.4 Å². The fourth-order valence-corrected chi connectivity index (χ4v) is 3.31. The topological polar surface area (TPSA) is 49.3 Å². The molecular weight excluding hydrogens is 379 g/mol. The Morgan fingerprint density at radius 3 is 2.11 bits per heavy atom. The van der Waals surface area contributed by atoms with Crippen molar-refractivity contribution in [1.82, 2.24) is 14.9 Å². The van der Waals surface area contributed by atoms with Gasteiger partial charge in [-0.15, -0.1) is 0 Å². The summed E-state index contributed by atoms with van der Waals surface area (Å²) in [5, 5.41) is 0.648. The monoisotopic (exact) mass is 396 g/mol. The number of piperazine rings is 1. The Kier molecular flexibility index (Phi) is 5.21. The minimum Gasteiger partial charge on any atom is -0.368 e. The Labute approximate surface area is 167 Å². The van der Waals surface area contributed by atoms with Gasteiger partial charge in [-0.1, -0.05) is 11.6 Å². The summed E-state index contributed by atoms with van der Waals surface area (Å²) in [5.74, 6) is 0.218. The van der Waals surface area contributed by atoms with Gasteiger partial charge in [0.25, 0.3) is 5.91 Å². The van der Waals surface area contributed by atoms with Crippen LogP contribution in [0.4, 0.5) is 10.1 Å². The third kappa shape index (κ3) is 3.97. The van der Waals surface area contributed by atoms with E-state index in [0.717, 1.165) is 11.3 Å². The van der Waals surface area contributed by atoms with Gasteiger partial charge in [0.05, 0.1) is 5.56 Å². The number of amides is 1. The van der Waals surface area contributed by atoms with Crippen molar-refractivity contribution >= 4 is 23.2 Å². The van der Waals surface area contributed by atoms with E-state index in [-0.39, 0.29) is 11.7 Å². The summed E-state index contributed by atoms with van der Waals surface area (Å²) in [4.78, 5) is 25.3. The van der Waals surface area contributed by atoms with E-state index >= 15 is 0 Å². The zero-order valence-corrected chi connectivity index (χ0v) is 15.8. The van der Waals surface area contributed by atoms with Gasteiger partial charge >= 0.3 is 0 Å². The predicted octanol–water partition coefficient (Wildman–Crippen LogP) is 3.90. The largest absolute Gasteiger partial charge is 0.368 e. The van der Waals surface area contributed by atoms with Crippen molar-refractivity contribution in [3.63, 3.8) is 0 Å². The van der Waals surface area contributed by atoms with Gasteiger partial charge in [0.15, 0.2) is 5.82 Å². The van der Waals surface area contributed by atoms with Gasteiger partial charge in [0.2, 0.25) is 0 Å². The van der Waals surface area contributed by atoms with Crippen molar-refractivity contribution in [2.24, 2.45) is 0 Å². The maximum Gasteiger partial charge on any atom is 0.257 e. The minimum atomic E-state index is -0.250. The molecule has 28 heavy (non-hydrogen) atoms. The molecule has 142 valence electrons. The van der Waals surface area contributed by atoms with Crippen molar-refractivity contribution in [3.05, 3.63) is 77.3 Å². The standard InChI is InChI=1S/C21H18ClFN4O/c22-17-3-1-15(2-4-17)20-24-13-16(14-25-20)21(28)27-11-9-26(10-12-27)19-7-5-18(23)6-8-19/h1-8,13-14H,9-12H2. The van der Waals surface area contributed by atoms with E-state index in [1.807, 2.05) is 12.1 Å². The predicted molar refractivity (Wildman–Crippen MR) is 107 cm³/mol. The molecule has 4 rings (SSSR count). The lowest BCUT2D eigenvalue weighted by atomic mass is 10.2. The van der Waals surface area contributed by atoms with Gasteiger partial charge in [-0.25, -0.2) is 14.4 Å². The lowest BCUT2D eigenvalue weighted by Gasteiger charge is -2.36. The molecule has 0 bridgehead atoms. The molecule has 0 radical (unpaired) electrons. The number of rotatable bonds is 3. The van der Waals surface area contributed by atoms with E-state index in [2.05, 4.69) is 14.9 Å². The third-order valence-electron chi connectivity index (χ3n) is 4.76.